The summed E-state index contributed by atoms with van der Waals surface area (Å²) in [5, 5.41) is -0.440. The van der Waals surface area contributed by atoms with E-state index < -0.39 is 5.38 Å². The predicted octanol–water partition coefficient (Wildman–Crippen LogP) is 5.45. The molecule has 1 aliphatic rings. The maximum Gasteiger partial charge on any atom is 0.162 e. The molecule has 1 atom stereocenters. The molecule has 0 saturated carbocycles. The fourth-order valence-electron chi connectivity index (χ4n) is 2.15. The smallest absolute Gasteiger partial charge is 0.162 e. The van der Waals surface area contributed by atoms with E-state index in [2.05, 4.69) is 31.9 Å². The van der Waals surface area contributed by atoms with Gasteiger partial charge in [-0.3, -0.25) is 0 Å². The molecule has 6 heteroatoms. The zero-order valence-corrected chi connectivity index (χ0v) is 14.6. The molecule has 110 valence electrons. The standard InChI is InChI=1S/C15H10Br2ClFO2/c16-11-5-8(19)1-2-9(11)15(18)10-6-13-14(7-12(10)17)21-4-3-20-13/h1-2,5-7,15H,3-4H2. The van der Waals surface area contributed by atoms with Crippen LogP contribution in [0.2, 0.25) is 0 Å². The molecule has 2 nitrogen and oxygen atoms in total. The van der Waals surface area contributed by atoms with Crippen LogP contribution in [0, 0.1) is 5.82 Å². The lowest BCUT2D eigenvalue weighted by Crippen LogP contribution is -2.15. The van der Waals surface area contributed by atoms with Crippen LogP contribution in [0.25, 0.3) is 0 Å². The van der Waals surface area contributed by atoms with Crippen LogP contribution >= 0.6 is 43.5 Å². The first-order valence-electron chi connectivity index (χ1n) is 6.24. The Labute approximate surface area is 143 Å². The minimum Gasteiger partial charge on any atom is -0.486 e. The SMILES string of the molecule is Fc1ccc(C(Cl)c2cc3c(cc2Br)OCCO3)c(Br)c1. The molecule has 2 aromatic rings. The zero-order chi connectivity index (χ0) is 15.0. The van der Waals surface area contributed by atoms with E-state index >= 15 is 0 Å². The Morgan fingerprint density at radius 3 is 2.24 bits per heavy atom. The molecule has 0 spiro atoms. The fourth-order valence-corrected chi connectivity index (χ4v) is 3.91. The first-order chi connectivity index (χ1) is 10.1. The van der Waals surface area contributed by atoms with E-state index in [0.29, 0.717) is 29.2 Å². The van der Waals surface area contributed by atoms with Gasteiger partial charge in [0, 0.05) is 8.95 Å². The number of hydrogen-bond donors (Lipinski definition) is 0. The van der Waals surface area contributed by atoms with Gasteiger partial charge in [0.15, 0.2) is 11.5 Å². The van der Waals surface area contributed by atoms with E-state index in [9.17, 15) is 4.39 Å². The van der Waals surface area contributed by atoms with Crippen LogP contribution in [-0.2, 0) is 0 Å². The molecule has 1 heterocycles. The molecule has 0 N–H and O–H groups in total. The lowest BCUT2D eigenvalue weighted by Gasteiger charge is -2.21. The van der Waals surface area contributed by atoms with Crippen molar-refractivity contribution in [2.24, 2.45) is 0 Å². The van der Waals surface area contributed by atoms with Crippen molar-refractivity contribution in [3.05, 3.63) is 56.2 Å². The van der Waals surface area contributed by atoms with Gasteiger partial charge in [-0.1, -0.05) is 37.9 Å². The van der Waals surface area contributed by atoms with Crippen LogP contribution in [0.1, 0.15) is 16.5 Å². The molecule has 2 aromatic carbocycles. The van der Waals surface area contributed by atoms with Crippen LogP contribution < -0.4 is 9.47 Å². The molecule has 0 aromatic heterocycles. The van der Waals surface area contributed by atoms with Crippen molar-refractivity contribution in [3.8, 4) is 11.5 Å². The average Bonchev–Trinajstić information content (AvgIpc) is 2.46. The normalized spacial score (nSPS) is 14.9. The lowest BCUT2D eigenvalue weighted by atomic mass is 10.0. The third kappa shape index (κ3) is 3.05. The highest BCUT2D eigenvalue weighted by molar-refractivity contribution is 9.10. The van der Waals surface area contributed by atoms with E-state index in [4.69, 9.17) is 21.1 Å². The molecule has 21 heavy (non-hydrogen) atoms. The Balaban J connectivity index is 2.03. The van der Waals surface area contributed by atoms with Gasteiger partial charge in [0.2, 0.25) is 0 Å². The summed E-state index contributed by atoms with van der Waals surface area (Å²) in [6.45, 7) is 1.05. The lowest BCUT2D eigenvalue weighted by molar-refractivity contribution is 0.171. The number of benzene rings is 2. The summed E-state index contributed by atoms with van der Waals surface area (Å²) < 4.78 is 25.8. The van der Waals surface area contributed by atoms with Gasteiger partial charge in [0.25, 0.3) is 0 Å². The van der Waals surface area contributed by atoms with Gasteiger partial charge in [-0.25, -0.2) is 4.39 Å². The van der Waals surface area contributed by atoms with Crippen molar-refractivity contribution in [3.63, 3.8) is 0 Å². The highest BCUT2D eigenvalue weighted by Gasteiger charge is 2.21. The number of rotatable bonds is 2. The third-order valence-electron chi connectivity index (χ3n) is 3.17. The number of fused-ring (bicyclic) bond motifs is 1. The van der Waals surface area contributed by atoms with E-state index in [0.717, 1.165) is 15.6 Å². The van der Waals surface area contributed by atoms with Crippen LogP contribution in [0.4, 0.5) is 4.39 Å². The molecule has 0 amide bonds. The van der Waals surface area contributed by atoms with Crippen molar-refractivity contribution in [1.29, 1.82) is 0 Å². The summed E-state index contributed by atoms with van der Waals surface area (Å²) in [6, 6.07) is 8.15. The summed E-state index contributed by atoms with van der Waals surface area (Å²) in [5.41, 5.74) is 1.63. The van der Waals surface area contributed by atoms with Crippen LogP contribution in [0.5, 0.6) is 11.5 Å². The first kappa shape index (κ1) is 15.1. The summed E-state index contributed by atoms with van der Waals surface area (Å²) in [5.74, 6) is 1.05. The van der Waals surface area contributed by atoms with Gasteiger partial charge >= 0.3 is 0 Å². The third-order valence-corrected chi connectivity index (χ3v) is 5.01. The number of alkyl halides is 1. The Kier molecular flexibility index (Phi) is 4.43. The fraction of sp³-hybridized carbons (Fsp3) is 0.200. The second kappa shape index (κ2) is 6.15. The molecule has 0 fully saturated rings. The Bertz CT molecular complexity index is 694. The van der Waals surface area contributed by atoms with E-state index in [1.165, 1.54) is 12.1 Å². The molecule has 0 saturated heterocycles. The molecular weight excluding hydrogens is 426 g/mol. The highest BCUT2D eigenvalue weighted by Crippen LogP contribution is 2.43. The van der Waals surface area contributed by atoms with Crippen molar-refractivity contribution in [1.82, 2.24) is 0 Å². The Morgan fingerprint density at radius 2 is 1.57 bits per heavy atom. The number of halogens is 4. The summed E-state index contributed by atoms with van der Waals surface area (Å²) in [6.07, 6.45) is 0. The van der Waals surface area contributed by atoms with Crippen molar-refractivity contribution >= 4 is 43.5 Å². The molecule has 1 unspecified atom stereocenters. The molecule has 3 rings (SSSR count). The Hall–Kier alpha value is -0.780. The quantitative estimate of drug-likeness (QED) is 0.583. The highest BCUT2D eigenvalue weighted by atomic mass is 79.9. The molecule has 0 bridgehead atoms. The average molecular weight is 437 g/mol. The minimum absolute atomic E-state index is 0.310. The second-order valence-corrected chi connectivity index (χ2v) is 6.69. The number of hydrogen-bond acceptors (Lipinski definition) is 2. The van der Waals surface area contributed by atoms with E-state index in [-0.39, 0.29) is 5.82 Å². The van der Waals surface area contributed by atoms with Gasteiger partial charge in [-0.2, -0.15) is 0 Å². The first-order valence-corrected chi connectivity index (χ1v) is 8.26. The van der Waals surface area contributed by atoms with Crippen molar-refractivity contribution < 1.29 is 13.9 Å². The molecule has 0 radical (unpaired) electrons. The van der Waals surface area contributed by atoms with Gasteiger partial charge in [-0.05, 0) is 35.4 Å². The molecular formula is C15H10Br2ClFO2. The van der Waals surface area contributed by atoms with Crippen molar-refractivity contribution in [2.45, 2.75) is 5.38 Å². The summed E-state index contributed by atoms with van der Waals surface area (Å²) >= 11 is 13.4. The molecule has 1 aliphatic heterocycles. The predicted molar refractivity (Wildman–Crippen MR) is 86.9 cm³/mol. The maximum atomic E-state index is 13.2. The van der Waals surface area contributed by atoms with Gasteiger partial charge < -0.3 is 9.47 Å². The second-order valence-electron chi connectivity index (χ2n) is 4.55. The van der Waals surface area contributed by atoms with Gasteiger partial charge in [0.05, 0.1) is 5.38 Å². The van der Waals surface area contributed by atoms with Crippen LogP contribution in [-0.4, -0.2) is 13.2 Å². The largest absolute Gasteiger partial charge is 0.486 e. The monoisotopic (exact) mass is 434 g/mol. The molecule has 0 aliphatic carbocycles. The number of ether oxygens (including phenoxy) is 2. The van der Waals surface area contributed by atoms with Gasteiger partial charge in [0.1, 0.15) is 19.0 Å². The Morgan fingerprint density at radius 1 is 0.952 bits per heavy atom. The minimum atomic E-state index is -0.440. The summed E-state index contributed by atoms with van der Waals surface area (Å²) in [4.78, 5) is 0. The van der Waals surface area contributed by atoms with Crippen LogP contribution in [0.3, 0.4) is 0 Å². The summed E-state index contributed by atoms with van der Waals surface area (Å²) in [7, 11) is 0. The van der Waals surface area contributed by atoms with E-state index in [1.807, 2.05) is 12.1 Å². The topological polar surface area (TPSA) is 18.5 Å². The zero-order valence-electron chi connectivity index (χ0n) is 10.7. The van der Waals surface area contributed by atoms with Crippen LogP contribution in [0.15, 0.2) is 39.3 Å². The van der Waals surface area contributed by atoms with Gasteiger partial charge in [-0.15, -0.1) is 11.6 Å². The van der Waals surface area contributed by atoms with E-state index in [1.54, 1.807) is 6.07 Å². The van der Waals surface area contributed by atoms with Crippen molar-refractivity contribution in [2.75, 3.05) is 13.2 Å². The maximum absolute atomic E-state index is 13.2.